The summed E-state index contributed by atoms with van der Waals surface area (Å²) in [6.07, 6.45) is 5.20. The van der Waals surface area contributed by atoms with Gasteiger partial charge in [-0.25, -0.2) is 23.2 Å². The Labute approximate surface area is 186 Å². The van der Waals surface area contributed by atoms with E-state index in [0.717, 1.165) is 24.7 Å². The zero-order valence-electron chi connectivity index (χ0n) is 18.0. The predicted octanol–water partition coefficient (Wildman–Crippen LogP) is 1.42. The molecule has 2 aliphatic rings. The van der Waals surface area contributed by atoms with Gasteiger partial charge < -0.3 is 14.2 Å². The second-order valence-corrected chi connectivity index (χ2v) is 10.2. The molecule has 11 heteroatoms. The van der Waals surface area contributed by atoms with E-state index in [9.17, 15) is 13.2 Å². The van der Waals surface area contributed by atoms with E-state index in [0.29, 0.717) is 37.3 Å². The summed E-state index contributed by atoms with van der Waals surface area (Å²) < 4.78 is 34.3. The van der Waals surface area contributed by atoms with Crippen LogP contribution in [0.4, 0.5) is 11.6 Å². The zero-order valence-corrected chi connectivity index (χ0v) is 18.8. The fraction of sp³-hybridized carbons (Fsp3) is 0.476. The van der Waals surface area contributed by atoms with Crippen LogP contribution in [-0.4, -0.2) is 66.5 Å². The fourth-order valence-corrected chi connectivity index (χ4v) is 5.82. The van der Waals surface area contributed by atoms with Crippen LogP contribution in [0.2, 0.25) is 0 Å². The molecule has 0 unspecified atom stereocenters. The smallest absolute Gasteiger partial charge is 0.408 e. The Morgan fingerprint density at radius 2 is 1.53 bits per heavy atom. The van der Waals surface area contributed by atoms with E-state index in [1.54, 1.807) is 13.4 Å². The third kappa shape index (κ3) is 3.75. The van der Waals surface area contributed by atoms with Crippen LogP contribution in [0.25, 0.3) is 11.1 Å². The molecule has 0 amide bonds. The third-order valence-electron chi connectivity index (χ3n) is 6.28. The average Bonchev–Trinajstić information content (AvgIpc) is 3.12. The van der Waals surface area contributed by atoms with Gasteiger partial charge in [0.05, 0.1) is 10.4 Å². The molecule has 10 nitrogen and oxygen atoms in total. The maximum Gasteiger partial charge on any atom is 0.419 e. The minimum atomic E-state index is -3.68. The number of sulfonamides is 1. The standard InChI is InChI=1S/C21H26N6O4S/c1-24-17-13-16(5-6-18(17)31-21(24)28)32(29,30)27-11-9-26(10-12-27)20-14-19(22-15-23-20)25-7-3-2-4-8-25/h5-6,13-15H,2-4,7-12H2,1H3. The van der Waals surface area contributed by atoms with Crippen LogP contribution >= 0.6 is 0 Å². The average molecular weight is 459 g/mol. The van der Waals surface area contributed by atoms with Gasteiger partial charge in [-0.1, -0.05) is 0 Å². The van der Waals surface area contributed by atoms with Crippen molar-refractivity contribution in [3.05, 3.63) is 41.1 Å². The van der Waals surface area contributed by atoms with Crippen LogP contribution in [-0.2, 0) is 17.1 Å². The first-order chi connectivity index (χ1) is 15.4. The molecule has 0 spiro atoms. The number of piperidine rings is 1. The number of fused-ring (bicyclic) bond motifs is 1. The van der Waals surface area contributed by atoms with E-state index in [2.05, 4.69) is 19.8 Å². The van der Waals surface area contributed by atoms with Crippen LogP contribution in [0.3, 0.4) is 0 Å². The van der Waals surface area contributed by atoms with Crippen molar-refractivity contribution < 1.29 is 12.8 Å². The fourth-order valence-electron chi connectivity index (χ4n) is 4.38. The van der Waals surface area contributed by atoms with E-state index in [-0.39, 0.29) is 4.90 Å². The lowest BCUT2D eigenvalue weighted by atomic mass is 10.1. The molecule has 4 heterocycles. The van der Waals surface area contributed by atoms with Crippen molar-refractivity contribution in [3.8, 4) is 0 Å². The molecule has 2 aliphatic heterocycles. The summed E-state index contributed by atoms with van der Waals surface area (Å²) in [5.41, 5.74) is 0.829. The lowest BCUT2D eigenvalue weighted by Gasteiger charge is -2.35. The summed E-state index contributed by atoms with van der Waals surface area (Å²) >= 11 is 0. The van der Waals surface area contributed by atoms with Gasteiger partial charge in [-0.15, -0.1) is 0 Å². The molecule has 2 aromatic heterocycles. The van der Waals surface area contributed by atoms with E-state index in [1.807, 2.05) is 6.07 Å². The molecule has 0 N–H and O–H groups in total. The van der Waals surface area contributed by atoms with E-state index >= 15 is 0 Å². The van der Waals surface area contributed by atoms with Crippen molar-refractivity contribution in [3.63, 3.8) is 0 Å². The van der Waals surface area contributed by atoms with E-state index in [1.165, 1.54) is 46.3 Å². The SMILES string of the molecule is Cn1c(=O)oc2ccc(S(=O)(=O)N3CCN(c4cc(N5CCCCC5)ncn4)CC3)cc21. The van der Waals surface area contributed by atoms with Crippen molar-refractivity contribution in [2.45, 2.75) is 24.2 Å². The molecule has 2 fully saturated rings. The molecular formula is C21H26N6O4S. The Bertz CT molecular complexity index is 1290. The number of rotatable bonds is 4. The first-order valence-corrected chi connectivity index (χ1v) is 12.3. The molecule has 0 radical (unpaired) electrons. The van der Waals surface area contributed by atoms with E-state index < -0.39 is 15.8 Å². The number of hydrogen-bond acceptors (Lipinski definition) is 8. The van der Waals surface area contributed by atoms with Gasteiger partial charge in [0.2, 0.25) is 10.0 Å². The maximum atomic E-state index is 13.2. The van der Waals surface area contributed by atoms with Crippen LogP contribution in [0.15, 0.2) is 44.7 Å². The van der Waals surface area contributed by atoms with Crippen molar-refractivity contribution in [1.82, 2.24) is 18.8 Å². The molecule has 5 rings (SSSR count). The number of piperazine rings is 1. The third-order valence-corrected chi connectivity index (χ3v) is 8.18. The first-order valence-electron chi connectivity index (χ1n) is 10.9. The van der Waals surface area contributed by atoms with Gasteiger partial charge in [-0.3, -0.25) is 4.57 Å². The number of benzene rings is 1. The highest BCUT2D eigenvalue weighted by atomic mass is 32.2. The summed E-state index contributed by atoms with van der Waals surface area (Å²) in [6, 6.07) is 6.52. The van der Waals surface area contributed by atoms with Gasteiger partial charge in [-0.2, -0.15) is 4.31 Å². The number of aryl methyl sites for hydroxylation is 1. The number of aromatic nitrogens is 3. The molecule has 0 atom stereocenters. The minimum Gasteiger partial charge on any atom is -0.408 e. The largest absolute Gasteiger partial charge is 0.419 e. The molecule has 1 aromatic carbocycles. The van der Waals surface area contributed by atoms with Gasteiger partial charge in [0.15, 0.2) is 5.58 Å². The lowest BCUT2D eigenvalue weighted by molar-refractivity contribution is 0.384. The normalized spacial score (nSPS) is 18.4. The van der Waals surface area contributed by atoms with Gasteiger partial charge in [-0.05, 0) is 37.5 Å². The van der Waals surface area contributed by atoms with Crippen molar-refractivity contribution in [2.24, 2.45) is 7.05 Å². The second kappa shape index (κ2) is 8.21. The number of hydrogen-bond donors (Lipinski definition) is 0. The van der Waals surface area contributed by atoms with Gasteiger partial charge >= 0.3 is 5.76 Å². The summed E-state index contributed by atoms with van der Waals surface area (Å²) in [4.78, 5) is 25.1. The van der Waals surface area contributed by atoms with Gasteiger partial charge in [0.1, 0.15) is 18.0 Å². The highest BCUT2D eigenvalue weighted by Crippen LogP contribution is 2.25. The van der Waals surface area contributed by atoms with Crippen LogP contribution in [0.1, 0.15) is 19.3 Å². The monoisotopic (exact) mass is 458 g/mol. The van der Waals surface area contributed by atoms with Crippen molar-refractivity contribution in [2.75, 3.05) is 49.1 Å². The summed E-state index contributed by atoms with van der Waals surface area (Å²) in [6.45, 7) is 3.82. The summed E-state index contributed by atoms with van der Waals surface area (Å²) in [7, 11) is -2.12. The van der Waals surface area contributed by atoms with Crippen LogP contribution in [0, 0.1) is 0 Å². The van der Waals surface area contributed by atoms with Crippen LogP contribution in [0.5, 0.6) is 0 Å². The molecule has 0 aliphatic carbocycles. The highest BCUT2D eigenvalue weighted by molar-refractivity contribution is 7.89. The Balaban J connectivity index is 1.31. The summed E-state index contributed by atoms with van der Waals surface area (Å²) in [5, 5.41) is 0. The second-order valence-electron chi connectivity index (χ2n) is 8.23. The predicted molar refractivity (Wildman–Crippen MR) is 121 cm³/mol. The van der Waals surface area contributed by atoms with Crippen molar-refractivity contribution >= 4 is 32.8 Å². The molecule has 0 saturated carbocycles. The Morgan fingerprint density at radius 1 is 0.875 bits per heavy atom. The van der Waals surface area contributed by atoms with Gasteiger partial charge in [0, 0.05) is 52.4 Å². The van der Waals surface area contributed by atoms with E-state index in [4.69, 9.17) is 4.42 Å². The quantitative estimate of drug-likeness (QED) is 0.578. The Morgan fingerprint density at radius 3 is 2.22 bits per heavy atom. The molecule has 170 valence electrons. The molecule has 32 heavy (non-hydrogen) atoms. The Hall–Kier alpha value is -2.92. The number of oxazole rings is 1. The molecule has 2 saturated heterocycles. The van der Waals surface area contributed by atoms with Crippen LogP contribution < -0.4 is 15.6 Å². The number of anilines is 2. The minimum absolute atomic E-state index is 0.157. The summed E-state index contributed by atoms with van der Waals surface area (Å²) in [5.74, 6) is 1.24. The highest BCUT2D eigenvalue weighted by Gasteiger charge is 2.30. The first kappa shape index (κ1) is 21.0. The van der Waals surface area contributed by atoms with Gasteiger partial charge in [0.25, 0.3) is 0 Å². The number of nitrogens with zero attached hydrogens (tertiary/aromatic N) is 6. The molecule has 3 aromatic rings. The molecule has 0 bridgehead atoms. The lowest BCUT2D eigenvalue weighted by Crippen LogP contribution is -2.49. The van der Waals surface area contributed by atoms with Crippen molar-refractivity contribution in [1.29, 1.82) is 0 Å². The topological polar surface area (TPSA) is 105 Å². The molecular weight excluding hydrogens is 432 g/mol. The Kier molecular flexibility index (Phi) is 5.38. The zero-order chi connectivity index (χ0) is 22.3. The maximum absolute atomic E-state index is 13.2.